The zero-order valence-corrected chi connectivity index (χ0v) is 6.58. The molecule has 0 fully saturated rings. The van der Waals surface area contributed by atoms with Gasteiger partial charge >= 0.3 is 11.8 Å². The van der Waals surface area contributed by atoms with Crippen LogP contribution in [0.15, 0.2) is 24.3 Å². The van der Waals surface area contributed by atoms with Crippen molar-refractivity contribution >= 4 is 17.5 Å². The Morgan fingerprint density at radius 1 is 1.38 bits per heavy atom. The molecule has 0 aliphatic rings. The largest absolute Gasteiger partial charge is 0.361 e. The number of primary amides is 1. The van der Waals surface area contributed by atoms with Gasteiger partial charge in [0.1, 0.15) is 5.82 Å². The molecule has 0 aliphatic heterocycles. The summed E-state index contributed by atoms with van der Waals surface area (Å²) in [5, 5.41) is 2.13. The molecule has 0 radical (unpaired) electrons. The molecule has 0 bridgehead atoms. The van der Waals surface area contributed by atoms with Crippen molar-refractivity contribution in [3.63, 3.8) is 0 Å². The lowest BCUT2D eigenvalue weighted by Gasteiger charge is -2.00. The van der Waals surface area contributed by atoms with E-state index in [1.807, 2.05) is 0 Å². The Labute approximate surface area is 73.5 Å². The fraction of sp³-hybridized carbons (Fsp3) is 0. The molecule has 1 rings (SSSR count). The Morgan fingerprint density at radius 3 is 2.62 bits per heavy atom. The number of rotatable bonds is 1. The highest BCUT2D eigenvalue weighted by molar-refractivity contribution is 6.39. The molecule has 68 valence electrons. The maximum Gasteiger partial charge on any atom is 0.313 e. The normalized spacial score (nSPS) is 9.31. The van der Waals surface area contributed by atoms with Crippen molar-refractivity contribution < 1.29 is 14.0 Å². The predicted molar refractivity (Wildman–Crippen MR) is 44.2 cm³/mol. The number of nitrogens with one attached hydrogen (secondary N) is 1. The summed E-state index contributed by atoms with van der Waals surface area (Å²) in [6.07, 6.45) is 0. The van der Waals surface area contributed by atoms with Crippen LogP contribution in [0.3, 0.4) is 0 Å². The second-order valence-electron chi connectivity index (χ2n) is 2.33. The van der Waals surface area contributed by atoms with Gasteiger partial charge in [-0.1, -0.05) is 6.07 Å². The third-order valence-electron chi connectivity index (χ3n) is 1.31. The number of nitrogens with two attached hydrogens (primary N) is 1. The van der Waals surface area contributed by atoms with Gasteiger partial charge in [-0.2, -0.15) is 0 Å². The van der Waals surface area contributed by atoms with Crippen LogP contribution in [0, 0.1) is 5.82 Å². The summed E-state index contributed by atoms with van der Waals surface area (Å²) >= 11 is 0. The lowest BCUT2D eigenvalue weighted by atomic mass is 10.3. The second-order valence-corrected chi connectivity index (χ2v) is 2.33. The van der Waals surface area contributed by atoms with Gasteiger partial charge in [0.2, 0.25) is 0 Å². The molecule has 1 aromatic rings. The highest BCUT2D eigenvalue weighted by Gasteiger charge is 2.08. The molecule has 0 saturated heterocycles. The fourth-order valence-electron chi connectivity index (χ4n) is 0.759. The summed E-state index contributed by atoms with van der Waals surface area (Å²) < 4.78 is 12.6. The molecule has 0 heterocycles. The minimum atomic E-state index is -1.11. The monoisotopic (exact) mass is 182 g/mol. The molecule has 0 saturated carbocycles. The summed E-state index contributed by atoms with van der Waals surface area (Å²) in [7, 11) is 0. The van der Waals surface area contributed by atoms with Crippen LogP contribution in [-0.4, -0.2) is 11.8 Å². The van der Waals surface area contributed by atoms with Gasteiger partial charge in [0.05, 0.1) is 0 Å². The van der Waals surface area contributed by atoms with E-state index in [4.69, 9.17) is 0 Å². The van der Waals surface area contributed by atoms with Crippen LogP contribution in [0.1, 0.15) is 0 Å². The quantitative estimate of drug-likeness (QED) is 0.611. The lowest BCUT2D eigenvalue weighted by molar-refractivity contribution is -0.134. The van der Waals surface area contributed by atoms with Crippen LogP contribution in [0.5, 0.6) is 0 Å². The summed E-state index contributed by atoms with van der Waals surface area (Å²) in [5.41, 5.74) is 4.88. The number of carbonyl (C=O) groups excluding carboxylic acids is 2. The smallest absolute Gasteiger partial charge is 0.313 e. The number of amides is 2. The Morgan fingerprint density at radius 2 is 2.08 bits per heavy atom. The van der Waals surface area contributed by atoms with E-state index in [-0.39, 0.29) is 5.69 Å². The number of carbonyl (C=O) groups is 2. The molecule has 2 amide bonds. The van der Waals surface area contributed by atoms with Gasteiger partial charge in [-0.3, -0.25) is 9.59 Å². The van der Waals surface area contributed by atoms with E-state index in [2.05, 4.69) is 11.1 Å². The molecule has 0 aliphatic carbocycles. The molecule has 1 aromatic carbocycles. The third kappa shape index (κ3) is 2.55. The van der Waals surface area contributed by atoms with Gasteiger partial charge in [-0.05, 0) is 18.2 Å². The van der Waals surface area contributed by atoms with E-state index in [1.165, 1.54) is 18.2 Å². The molecule has 0 spiro atoms. The maximum atomic E-state index is 12.6. The predicted octanol–water partition coefficient (Wildman–Crippen LogP) is 0.249. The Balaban J connectivity index is 2.75. The third-order valence-corrected chi connectivity index (χ3v) is 1.31. The van der Waals surface area contributed by atoms with Crippen LogP contribution in [0.2, 0.25) is 0 Å². The first-order valence-corrected chi connectivity index (χ1v) is 3.46. The second kappa shape index (κ2) is 3.66. The topological polar surface area (TPSA) is 72.2 Å². The van der Waals surface area contributed by atoms with Crippen LogP contribution in [0.25, 0.3) is 0 Å². The summed E-state index contributed by atoms with van der Waals surface area (Å²) in [5.74, 6) is -2.57. The molecule has 3 N–H and O–H groups in total. The average molecular weight is 182 g/mol. The van der Waals surface area contributed by atoms with Gasteiger partial charge in [0.25, 0.3) is 0 Å². The minimum absolute atomic E-state index is 0.198. The van der Waals surface area contributed by atoms with Gasteiger partial charge in [0, 0.05) is 5.69 Å². The van der Waals surface area contributed by atoms with Crippen molar-refractivity contribution in [2.24, 2.45) is 5.73 Å². The molecule has 4 nitrogen and oxygen atoms in total. The zero-order chi connectivity index (χ0) is 9.84. The van der Waals surface area contributed by atoms with Crippen molar-refractivity contribution in [3.8, 4) is 0 Å². The van der Waals surface area contributed by atoms with Gasteiger partial charge in [-0.25, -0.2) is 4.39 Å². The standard InChI is InChI=1S/C8H7FN2O2/c9-5-2-1-3-6(4-5)11-8(13)7(10)12/h1-4H,(H2,10,12)(H,11,13). The molecular formula is C8H7FN2O2. The molecule has 13 heavy (non-hydrogen) atoms. The van der Waals surface area contributed by atoms with Crippen molar-refractivity contribution in [1.29, 1.82) is 0 Å². The Kier molecular flexibility index (Phi) is 2.59. The van der Waals surface area contributed by atoms with Crippen LogP contribution in [-0.2, 0) is 9.59 Å². The molecular weight excluding hydrogens is 175 g/mol. The number of hydrogen-bond donors (Lipinski definition) is 2. The van der Waals surface area contributed by atoms with Gasteiger partial charge in [0.15, 0.2) is 0 Å². The molecule has 0 unspecified atom stereocenters. The van der Waals surface area contributed by atoms with Crippen molar-refractivity contribution in [2.75, 3.05) is 5.32 Å². The number of benzene rings is 1. The van der Waals surface area contributed by atoms with Gasteiger partial charge in [-0.15, -0.1) is 0 Å². The Bertz CT molecular complexity index is 352. The van der Waals surface area contributed by atoms with Crippen molar-refractivity contribution in [2.45, 2.75) is 0 Å². The number of anilines is 1. The SMILES string of the molecule is NC(=O)C(=O)Nc1cccc(F)c1. The van der Waals surface area contributed by atoms with E-state index in [1.54, 1.807) is 0 Å². The maximum absolute atomic E-state index is 12.6. The highest BCUT2D eigenvalue weighted by atomic mass is 19.1. The van der Waals surface area contributed by atoms with Gasteiger partial charge < -0.3 is 11.1 Å². The van der Waals surface area contributed by atoms with E-state index >= 15 is 0 Å². The van der Waals surface area contributed by atoms with E-state index in [0.29, 0.717) is 0 Å². The fourth-order valence-corrected chi connectivity index (χ4v) is 0.759. The van der Waals surface area contributed by atoms with Crippen LogP contribution >= 0.6 is 0 Å². The summed E-state index contributed by atoms with van der Waals surface area (Å²) in [6, 6.07) is 5.16. The first kappa shape index (κ1) is 9.18. The lowest BCUT2D eigenvalue weighted by Crippen LogP contribution is -2.29. The van der Waals surface area contributed by atoms with E-state index < -0.39 is 17.6 Å². The van der Waals surface area contributed by atoms with Crippen molar-refractivity contribution in [1.82, 2.24) is 0 Å². The molecule has 0 atom stereocenters. The van der Waals surface area contributed by atoms with E-state index in [9.17, 15) is 14.0 Å². The Hall–Kier alpha value is -1.91. The average Bonchev–Trinajstić information content (AvgIpc) is 2.04. The van der Waals surface area contributed by atoms with E-state index in [0.717, 1.165) is 6.07 Å². The minimum Gasteiger partial charge on any atom is -0.361 e. The first-order valence-electron chi connectivity index (χ1n) is 3.46. The summed E-state index contributed by atoms with van der Waals surface area (Å²) in [6.45, 7) is 0. The first-order chi connectivity index (χ1) is 6.09. The molecule has 0 aromatic heterocycles. The summed E-state index contributed by atoms with van der Waals surface area (Å²) in [4.78, 5) is 21.0. The highest BCUT2D eigenvalue weighted by Crippen LogP contribution is 2.08. The number of halogens is 1. The van der Waals surface area contributed by atoms with Crippen LogP contribution < -0.4 is 11.1 Å². The number of hydrogen-bond acceptors (Lipinski definition) is 2. The van der Waals surface area contributed by atoms with Crippen molar-refractivity contribution in [3.05, 3.63) is 30.1 Å². The van der Waals surface area contributed by atoms with Crippen LogP contribution in [0.4, 0.5) is 10.1 Å². The molecule has 5 heteroatoms. The zero-order valence-electron chi connectivity index (χ0n) is 6.58.